The Hall–Kier alpha value is -1.89. The van der Waals surface area contributed by atoms with Crippen LogP contribution in [0.4, 0.5) is 5.69 Å². The molecule has 24 heavy (non-hydrogen) atoms. The number of nitrogens with one attached hydrogen (secondary N) is 1. The topological polar surface area (TPSA) is 82.2 Å². The molecule has 0 bridgehead atoms. The lowest BCUT2D eigenvalue weighted by molar-refractivity contribution is -0.130. The third-order valence-corrected chi connectivity index (χ3v) is 4.44. The van der Waals surface area contributed by atoms with Gasteiger partial charge in [-0.1, -0.05) is 12.1 Å². The minimum absolute atomic E-state index is 0. The van der Waals surface area contributed by atoms with Crippen molar-refractivity contribution in [1.82, 2.24) is 9.78 Å². The molecule has 1 fully saturated rings. The van der Waals surface area contributed by atoms with Gasteiger partial charge in [0, 0.05) is 37.8 Å². The van der Waals surface area contributed by atoms with Gasteiger partial charge in [0.1, 0.15) is 0 Å². The van der Waals surface area contributed by atoms with Crippen molar-refractivity contribution in [3.05, 3.63) is 48.3 Å². The molecular formula is C17H23ClN4O2. The van der Waals surface area contributed by atoms with Gasteiger partial charge in [-0.05, 0) is 36.6 Å². The van der Waals surface area contributed by atoms with Crippen LogP contribution in [0.3, 0.4) is 0 Å². The first kappa shape index (κ1) is 18.4. The quantitative estimate of drug-likeness (QED) is 0.864. The highest BCUT2D eigenvalue weighted by atomic mass is 35.5. The predicted octanol–water partition coefficient (Wildman–Crippen LogP) is 2.05. The summed E-state index contributed by atoms with van der Waals surface area (Å²) in [5, 5.41) is 7.18. The summed E-state index contributed by atoms with van der Waals surface area (Å²) in [6, 6.07) is 9.72. The highest BCUT2D eigenvalue weighted by molar-refractivity contribution is 5.95. The van der Waals surface area contributed by atoms with E-state index in [0.717, 1.165) is 11.3 Å². The Kier molecular flexibility index (Phi) is 6.36. The van der Waals surface area contributed by atoms with Gasteiger partial charge in [0.05, 0.1) is 12.0 Å². The van der Waals surface area contributed by atoms with Crippen LogP contribution in [0.1, 0.15) is 18.4 Å². The fourth-order valence-corrected chi connectivity index (χ4v) is 2.82. The lowest BCUT2D eigenvalue weighted by Crippen LogP contribution is -2.46. The second-order valence-corrected chi connectivity index (χ2v) is 5.95. The molecule has 1 aliphatic rings. The molecule has 1 saturated heterocycles. The second kappa shape index (κ2) is 8.28. The molecule has 3 N–H and O–H groups in total. The number of benzene rings is 1. The van der Waals surface area contributed by atoms with E-state index in [4.69, 9.17) is 10.5 Å². The van der Waals surface area contributed by atoms with E-state index in [1.807, 2.05) is 41.2 Å². The molecule has 0 atom stereocenters. The Balaban J connectivity index is 0.00000208. The number of amides is 1. The number of hydrogen-bond donors (Lipinski definition) is 2. The van der Waals surface area contributed by atoms with Crippen molar-refractivity contribution in [1.29, 1.82) is 0 Å². The van der Waals surface area contributed by atoms with Crippen LogP contribution in [0, 0.1) is 5.41 Å². The van der Waals surface area contributed by atoms with E-state index < -0.39 is 5.41 Å². The Labute approximate surface area is 147 Å². The second-order valence-electron chi connectivity index (χ2n) is 5.95. The van der Waals surface area contributed by atoms with E-state index in [0.29, 0.717) is 39.1 Å². The van der Waals surface area contributed by atoms with Gasteiger partial charge in [-0.2, -0.15) is 5.10 Å². The van der Waals surface area contributed by atoms with E-state index >= 15 is 0 Å². The number of ether oxygens (including phenoxy) is 1. The largest absolute Gasteiger partial charge is 0.381 e. The molecule has 1 amide bonds. The minimum Gasteiger partial charge on any atom is -0.381 e. The summed E-state index contributed by atoms with van der Waals surface area (Å²) in [5.41, 5.74) is 7.28. The molecule has 2 heterocycles. The molecule has 0 aliphatic carbocycles. The van der Waals surface area contributed by atoms with Crippen molar-refractivity contribution in [2.45, 2.75) is 19.4 Å². The van der Waals surface area contributed by atoms with E-state index in [2.05, 4.69) is 10.4 Å². The van der Waals surface area contributed by atoms with Crippen LogP contribution < -0.4 is 11.1 Å². The lowest BCUT2D eigenvalue weighted by Gasteiger charge is -2.34. The van der Waals surface area contributed by atoms with Crippen molar-refractivity contribution in [3.8, 4) is 0 Å². The molecule has 1 aromatic heterocycles. The Morgan fingerprint density at radius 1 is 1.29 bits per heavy atom. The van der Waals surface area contributed by atoms with Gasteiger partial charge < -0.3 is 15.8 Å². The van der Waals surface area contributed by atoms with Crippen LogP contribution >= 0.6 is 12.4 Å². The number of nitrogens with zero attached hydrogens (tertiary/aromatic N) is 2. The normalized spacial score (nSPS) is 16.2. The molecule has 0 spiro atoms. The summed E-state index contributed by atoms with van der Waals surface area (Å²) in [5.74, 6) is -0.0110. The van der Waals surface area contributed by atoms with Crippen molar-refractivity contribution in [3.63, 3.8) is 0 Å². The molecule has 6 nitrogen and oxygen atoms in total. The fourth-order valence-electron chi connectivity index (χ4n) is 2.82. The first-order valence-electron chi connectivity index (χ1n) is 7.87. The Morgan fingerprint density at radius 3 is 2.58 bits per heavy atom. The summed E-state index contributed by atoms with van der Waals surface area (Å²) in [6.07, 6.45) is 5.03. The van der Waals surface area contributed by atoms with Gasteiger partial charge in [0.25, 0.3) is 0 Å². The molecular weight excluding hydrogens is 328 g/mol. The number of carbonyl (C=O) groups excluding carboxylic acids is 1. The third-order valence-electron chi connectivity index (χ3n) is 4.44. The van der Waals surface area contributed by atoms with Gasteiger partial charge >= 0.3 is 0 Å². The molecule has 0 saturated carbocycles. The monoisotopic (exact) mass is 350 g/mol. The Bertz CT molecular complexity index is 637. The standard InChI is InChI=1S/C17H22N4O2.ClH/c18-13-17(6-10-23-11-7-17)16(22)20-15-4-2-14(3-5-15)12-21-9-1-8-19-21;/h1-5,8-9H,6-7,10-13,18H2,(H,20,22);1H. The lowest BCUT2D eigenvalue weighted by atomic mass is 9.79. The number of hydrogen-bond acceptors (Lipinski definition) is 4. The van der Waals surface area contributed by atoms with Crippen molar-refractivity contribution in [2.24, 2.45) is 11.1 Å². The zero-order valence-electron chi connectivity index (χ0n) is 13.5. The van der Waals surface area contributed by atoms with Gasteiger partial charge in [-0.15, -0.1) is 12.4 Å². The highest BCUT2D eigenvalue weighted by Gasteiger charge is 2.38. The van der Waals surface area contributed by atoms with Crippen LogP contribution in [0.25, 0.3) is 0 Å². The number of halogens is 1. The predicted molar refractivity (Wildman–Crippen MR) is 95.2 cm³/mol. The van der Waals surface area contributed by atoms with E-state index in [1.165, 1.54) is 0 Å². The number of nitrogens with two attached hydrogens (primary N) is 1. The van der Waals surface area contributed by atoms with Gasteiger partial charge in [0.2, 0.25) is 5.91 Å². The number of rotatable bonds is 5. The summed E-state index contributed by atoms with van der Waals surface area (Å²) in [7, 11) is 0. The summed E-state index contributed by atoms with van der Waals surface area (Å²) in [4.78, 5) is 12.6. The van der Waals surface area contributed by atoms with Crippen LogP contribution in [0.5, 0.6) is 0 Å². The first-order chi connectivity index (χ1) is 11.2. The van der Waals surface area contributed by atoms with Crippen molar-refractivity contribution < 1.29 is 9.53 Å². The number of aromatic nitrogens is 2. The molecule has 0 radical (unpaired) electrons. The maximum absolute atomic E-state index is 12.6. The molecule has 0 unspecified atom stereocenters. The molecule has 2 aromatic rings. The van der Waals surface area contributed by atoms with Crippen LogP contribution in [0.2, 0.25) is 0 Å². The van der Waals surface area contributed by atoms with Gasteiger partial charge in [-0.25, -0.2) is 0 Å². The van der Waals surface area contributed by atoms with Crippen molar-refractivity contribution in [2.75, 3.05) is 25.1 Å². The third kappa shape index (κ3) is 4.14. The molecule has 1 aliphatic heterocycles. The van der Waals surface area contributed by atoms with Crippen LogP contribution in [0.15, 0.2) is 42.7 Å². The number of anilines is 1. The average Bonchev–Trinajstić information content (AvgIpc) is 3.10. The zero-order valence-corrected chi connectivity index (χ0v) is 14.3. The van der Waals surface area contributed by atoms with Crippen LogP contribution in [-0.4, -0.2) is 35.4 Å². The number of carbonyl (C=O) groups is 1. The molecule has 1 aromatic carbocycles. The summed E-state index contributed by atoms with van der Waals surface area (Å²) in [6.45, 7) is 2.24. The maximum atomic E-state index is 12.6. The smallest absolute Gasteiger partial charge is 0.232 e. The summed E-state index contributed by atoms with van der Waals surface area (Å²) >= 11 is 0. The fraction of sp³-hybridized carbons (Fsp3) is 0.412. The highest BCUT2D eigenvalue weighted by Crippen LogP contribution is 2.30. The van der Waals surface area contributed by atoms with E-state index in [9.17, 15) is 4.79 Å². The Morgan fingerprint density at radius 2 is 2.00 bits per heavy atom. The SMILES string of the molecule is Cl.NCC1(C(=O)Nc2ccc(Cn3cccn3)cc2)CCOCC1. The first-order valence-corrected chi connectivity index (χ1v) is 7.87. The van der Waals surface area contributed by atoms with Crippen LogP contribution in [-0.2, 0) is 16.1 Å². The minimum atomic E-state index is -0.508. The summed E-state index contributed by atoms with van der Waals surface area (Å²) < 4.78 is 7.21. The maximum Gasteiger partial charge on any atom is 0.232 e. The van der Waals surface area contributed by atoms with Crippen molar-refractivity contribution >= 4 is 24.0 Å². The molecule has 3 rings (SSSR count). The molecule has 130 valence electrons. The van der Waals surface area contributed by atoms with Gasteiger partial charge in [-0.3, -0.25) is 9.48 Å². The molecule has 7 heteroatoms. The van der Waals surface area contributed by atoms with Gasteiger partial charge in [0.15, 0.2) is 0 Å². The zero-order chi connectivity index (χ0) is 16.1. The van der Waals surface area contributed by atoms with E-state index in [1.54, 1.807) is 6.20 Å². The van der Waals surface area contributed by atoms with E-state index in [-0.39, 0.29) is 18.3 Å². The average molecular weight is 351 g/mol.